The number of nitrogens with one attached hydrogen (secondary N) is 1. The van der Waals surface area contributed by atoms with Gasteiger partial charge in [0.2, 0.25) is 0 Å². The summed E-state index contributed by atoms with van der Waals surface area (Å²) in [4.78, 5) is 40.2. The van der Waals surface area contributed by atoms with Gasteiger partial charge in [-0.3, -0.25) is 15.0 Å². The van der Waals surface area contributed by atoms with Crippen LogP contribution in [0.2, 0.25) is 0 Å². The second-order valence-electron chi connectivity index (χ2n) is 9.31. The van der Waals surface area contributed by atoms with Crippen molar-refractivity contribution in [1.82, 2.24) is 10.2 Å². The van der Waals surface area contributed by atoms with Gasteiger partial charge in [0.1, 0.15) is 24.0 Å². The van der Waals surface area contributed by atoms with Gasteiger partial charge in [0, 0.05) is 50.5 Å². The average molecular weight is 553 g/mol. The molecule has 12 heteroatoms. The topological polar surface area (TPSA) is 133 Å². The van der Waals surface area contributed by atoms with E-state index in [1.54, 1.807) is 19.9 Å². The number of allylic oxidation sites excluding steroid dienone is 2. The number of benzene rings is 2. The molecular formula is C28H32N4O8. The lowest BCUT2D eigenvalue weighted by Crippen LogP contribution is -2.47. The minimum absolute atomic E-state index is 0.0806. The van der Waals surface area contributed by atoms with Crippen LogP contribution in [0.4, 0.5) is 21.0 Å². The van der Waals surface area contributed by atoms with Crippen molar-refractivity contribution in [3.63, 3.8) is 0 Å². The first-order valence-electron chi connectivity index (χ1n) is 12.8. The molecule has 1 fully saturated rings. The highest BCUT2D eigenvalue weighted by Gasteiger charge is 2.36. The smallest absolute Gasteiger partial charge is 0.437 e. The highest BCUT2D eigenvalue weighted by molar-refractivity contribution is 5.65. The maximum atomic E-state index is 12.8. The van der Waals surface area contributed by atoms with E-state index in [4.69, 9.17) is 14.2 Å². The predicted octanol–water partition coefficient (Wildman–Crippen LogP) is 4.50. The lowest BCUT2D eigenvalue weighted by molar-refractivity contribution is -0.384. The van der Waals surface area contributed by atoms with Gasteiger partial charge in [-0.2, -0.15) is 0 Å². The van der Waals surface area contributed by atoms with Gasteiger partial charge < -0.3 is 29.2 Å². The van der Waals surface area contributed by atoms with E-state index in [0.29, 0.717) is 23.5 Å². The third kappa shape index (κ3) is 6.89. The van der Waals surface area contributed by atoms with E-state index < -0.39 is 23.2 Å². The van der Waals surface area contributed by atoms with Crippen LogP contribution >= 0.6 is 0 Å². The summed E-state index contributed by atoms with van der Waals surface area (Å²) in [7, 11) is 1.16. The Labute approximate surface area is 231 Å². The summed E-state index contributed by atoms with van der Waals surface area (Å²) in [6, 6.07) is 16.0. The van der Waals surface area contributed by atoms with Gasteiger partial charge in [0.15, 0.2) is 0 Å². The number of ether oxygens (including phenoxy) is 4. The molecule has 0 aliphatic carbocycles. The summed E-state index contributed by atoms with van der Waals surface area (Å²) >= 11 is 0. The minimum Gasteiger partial charge on any atom is -0.437 e. The van der Waals surface area contributed by atoms with Crippen LogP contribution in [0, 0.1) is 10.1 Å². The van der Waals surface area contributed by atoms with Crippen molar-refractivity contribution >= 4 is 23.7 Å². The molecule has 4 rings (SSSR count). The lowest BCUT2D eigenvalue weighted by atomic mass is 9.90. The molecule has 2 aromatic carbocycles. The van der Waals surface area contributed by atoms with Crippen molar-refractivity contribution in [3.05, 3.63) is 93.2 Å². The van der Waals surface area contributed by atoms with Crippen LogP contribution < -0.4 is 10.2 Å². The van der Waals surface area contributed by atoms with Crippen molar-refractivity contribution < 1.29 is 33.5 Å². The number of carbonyl (C=O) groups is 2. The molecule has 1 unspecified atom stereocenters. The van der Waals surface area contributed by atoms with E-state index in [1.165, 1.54) is 23.9 Å². The Balaban J connectivity index is 1.41. The number of piperazine rings is 1. The van der Waals surface area contributed by atoms with Crippen LogP contribution in [0.5, 0.6) is 0 Å². The Bertz CT molecular complexity index is 1300. The van der Waals surface area contributed by atoms with Gasteiger partial charge in [-0.15, -0.1) is 0 Å². The van der Waals surface area contributed by atoms with Crippen molar-refractivity contribution in [2.75, 3.05) is 51.3 Å². The van der Waals surface area contributed by atoms with E-state index in [-0.39, 0.29) is 23.8 Å². The number of hydrogen-bond acceptors (Lipinski definition) is 11. The zero-order valence-corrected chi connectivity index (χ0v) is 22.6. The SMILES string of the molecule is COC(=O)OC1=C(C)NC(C)=C(OC(=O)OCCN2CCN(c3ccccc3)CC2)C1c1cccc([N+](=O)[O-])c1. The predicted molar refractivity (Wildman–Crippen MR) is 145 cm³/mol. The number of rotatable bonds is 8. The van der Waals surface area contributed by atoms with Gasteiger partial charge in [-0.05, 0) is 31.5 Å². The van der Waals surface area contributed by atoms with Crippen LogP contribution in [0.3, 0.4) is 0 Å². The van der Waals surface area contributed by atoms with Crippen molar-refractivity contribution in [3.8, 4) is 0 Å². The van der Waals surface area contributed by atoms with E-state index in [9.17, 15) is 19.7 Å². The molecule has 0 radical (unpaired) electrons. The van der Waals surface area contributed by atoms with Crippen LogP contribution in [0.15, 0.2) is 77.5 Å². The number of nitrogens with zero attached hydrogens (tertiary/aromatic N) is 3. The molecular weight excluding hydrogens is 520 g/mol. The van der Waals surface area contributed by atoms with Crippen LogP contribution in [-0.4, -0.2) is 68.6 Å². The number of nitro benzene ring substituents is 1. The fourth-order valence-corrected chi connectivity index (χ4v) is 4.73. The summed E-state index contributed by atoms with van der Waals surface area (Å²) in [5.41, 5.74) is 2.31. The van der Waals surface area contributed by atoms with Gasteiger partial charge in [0.25, 0.3) is 5.69 Å². The van der Waals surface area contributed by atoms with Crippen molar-refractivity contribution in [2.24, 2.45) is 0 Å². The molecule has 40 heavy (non-hydrogen) atoms. The number of anilines is 1. The Morgan fingerprint density at radius 2 is 1.60 bits per heavy atom. The van der Waals surface area contributed by atoms with Gasteiger partial charge in [-0.25, -0.2) is 9.59 Å². The van der Waals surface area contributed by atoms with Crippen LogP contribution in [0.1, 0.15) is 25.3 Å². The zero-order valence-electron chi connectivity index (χ0n) is 22.6. The molecule has 1 N–H and O–H groups in total. The molecule has 2 aliphatic heterocycles. The Morgan fingerprint density at radius 1 is 0.950 bits per heavy atom. The molecule has 12 nitrogen and oxygen atoms in total. The van der Waals surface area contributed by atoms with Gasteiger partial charge in [0.05, 0.1) is 23.4 Å². The molecule has 0 amide bonds. The molecule has 0 spiro atoms. The number of nitro groups is 1. The third-order valence-corrected chi connectivity index (χ3v) is 6.73. The number of para-hydroxylation sites is 1. The molecule has 0 aromatic heterocycles. The molecule has 1 atom stereocenters. The quantitative estimate of drug-likeness (QED) is 0.282. The number of methoxy groups -OCH3 is 1. The largest absolute Gasteiger partial charge is 0.513 e. The average Bonchev–Trinajstić information content (AvgIpc) is 2.96. The van der Waals surface area contributed by atoms with E-state index >= 15 is 0 Å². The van der Waals surface area contributed by atoms with Crippen LogP contribution in [-0.2, 0) is 18.9 Å². The third-order valence-electron chi connectivity index (χ3n) is 6.73. The van der Waals surface area contributed by atoms with E-state index in [0.717, 1.165) is 33.3 Å². The monoisotopic (exact) mass is 552 g/mol. The number of hydrogen-bond donors (Lipinski definition) is 1. The number of dihydropyridines is 1. The van der Waals surface area contributed by atoms with E-state index in [1.807, 2.05) is 18.2 Å². The first-order chi connectivity index (χ1) is 19.3. The zero-order chi connectivity index (χ0) is 28.6. The fraction of sp³-hybridized carbons (Fsp3) is 0.357. The Hall–Kier alpha value is -4.58. The molecule has 0 saturated carbocycles. The van der Waals surface area contributed by atoms with Crippen molar-refractivity contribution in [2.45, 2.75) is 19.8 Å². The molecule has 212 valence electrons. The second kappa shape index (κ2) is 13.0. The van der Waals surface area contributed by atoms with Gasteiger partial charge >= 0.3 is 12.3 Å². The summed E-state index contributed by atoms with van der Waals surface area (Å²) < 4.78 is 21.0. The van der Waals surface area contributed by atoms with Crippen molar-refractivity contribution in [1.29, 1.82) is 0 Å². The van der Waals surface area contributed by atoms with E-state index in [2.05, 4.69) is 32.0 Å². The summed E-state index contributed by atoms with van der Waals surface area (Å²) in [5.74, 6) is -0.776. The Kier molecular flexibility index (Phi) is 9.23. The maximum absolute atomic E-state index is 12.8. The Morgan fingerprint density at radius 3 is 2.23 bits per heavy atom. The first kappa shape index (κ1) is 28.4. The summed E-state index contributed by atoms with van der Waals surface area (Å²) in [6.07, 6.45) is -1.92. The molecule has 0 bridgehead atoms. The number of non-ortho nitro benzene ring substituents is 1. The lowest BCUT2D eigenvalue weighted by Gasteiger charge is -2.36. The standard InChI is InChI=1S/C28H32N4O8/c1-19-25(39-27(33)37-3)24(21-8-7-11-23(18-21)32(35)36)26(20(2)29-19)40-28(34)38-17-16-30-12-14-31(15-13-30)22-9-5-4-6-10-22/h4-11,18,24,29H,12-17H2,1-3H3. The molecule has 2 aliphatic rings. The fourth-order valence-electron chi connectivity index (χ4n) is 4.73. The molecule has 2 heterocycles. The molecule has 1 saturated heterocycles. The highest BCUT2D eigenvalue weighted by atomic mass is 16.7. The normalized spacial score (nSPS) is 17.7. The first-order valence-corrected chi connectivity index (χ1v) is 12.8. The number of carbonyl (C=O) groups excluding carboxylic acids is 2. The van der Waals surface area contributed by atoms with Crippen LogP contribution in [0.25, 0.3) is 0 Å². The minimum atomic E-state index is -0.986. The maximum Gasteiger partial charge on any atom is 0.513 e. The summed E-state index contributed by atoms with van der Waals surface area (Å²) in [6.45, 7) is 7.39. The summed E-state index contributed by atoms with van der Waals surface area (Å²) in [5, 5.41) is 14.4. The van der Waals surface area contributed by atoms with Gasteiger partial charge in [-0.1, -0.05) is 30.3 Å². The second-order valence-corrected chi connectivity index (χ2v) is 9.31. The molecule has 2 aromatic rings. The highest BCUT2D eigenvalue weighted by Crippen LogP contribution is 2.40.